The Bertz CT molecular complexity index is 126. The van der Waals surface area contributed by atoms with Gasteiger partial charge in [0.05, 0.1) is 0 Å². The molecule has 0 aromatic carbocycles. The fourth-order valence-corrected chi connectivity index (χ4v) is 0.888. The van der Waals surface area contributed by atoms with E-state index in [1.807, 2.05) is 0 Å². The molecule has 72 valence electrons. The minimum absolute atomic E-state index is 0.202. The maximum Gasteiger partial charge on any atom is 0.302 e. The molecule has 0 amide bonds. The molecule has 0 aliphatic carbocycles. The van der Waals surface area contributed by atoms with E-state index in [0.29, 0.717) is 12.6 Å². The molecule has 12 heavy (non-hydrogen) atoms. The largest absolute Gasteiger partial charge is 0.464 e. The van der Waals surface area contributed by atoms with E-state index < -0.39 is 0 Å². The van der Waals surface area contributed by atoms with E-state index in [0.717, 1.165) is 19.4 Å². The molecule has 0 aromatic heterocycles. The highest BCUT2D eigenvalue weighted by Gasteiger charge is 2.05. The third-order valence-electron chi connectivity index (χ3n) is 1.66. The third kappa shape index (κ3) is 6.16. The van der Waals surface area contributed by atoms with E-state index >= 15 is 0 Å². The van der Waals surface area contributed by atoms with Crippen LogP contribution in [0.3, 0.4) is 0 Å². The van der Waals surface area contributed by atoms with E-state index in [1.165, 1.54) is 6.92 Å². The summed E-state index contributed by atoms with van der Waals surface area (Å²) in [5.74, 6) is -0.202. The summed E-state index contributed by atoms with van der Waals surface area (Å²) in [6.45, 7) is 7.11. The Balaban J connectivity index is 3.45. The summed E-state index contributed by atoms with van der Waals surface area (Å²) in [7, 11) is 0. The molecule has 1 N–H and O–H groups in total. The average Bonchev–Trinajstić information content (AvgIpc) is 2.05. The molecule has 0 saturated carbocycles. The van der Waals surface area contributed by atoms with Crippen molar-refractivity contribution >= 4 is 5.97 Å². The van der Waals surface area contributed by atoms with E-state index in [9.17, 15) is 4.79 Å². The van der Waals surface area contributed by atoms with Crippen molar-refractivity contribution in [2.24, 2.45) is 0 Å². The van der Waals surface area contributed by atoms with E-state index in [-0.39, 0.29) is 5.97 Å². The van der Waals surface area contributed by atoms with Crippen molar-refractivity contribution in [1.82, 2.24) is 5.32 Å². The second-order valence-electron chi connectivity index (χ2n) is 2.86. The van der Waals surface area contributed by atoms with E-state index in [1.54, 1.807) is 0 Å². The third-order valence-corrected chi connectivity index (χ3v) is 1.66. The van der Waals surface area contributed by atoms with Gasteiger partial charge in [-0.1, -0.05) is 13.8 Å². The molecule has 0 spiro atoms. The van der Waals surface area contributed by atoms with Gasteiger partial charge >= 0.3 is 5.97 Å². The van der Waals surface area contributed by atoms with Gasteiger partial charge in [-0.05, 0) is 19.4 Å². The van der Waals surface area contributed by atoms with Crippen LogP contribution in [0.25, 0.3) is 0 Å². The summed E-state index contributed by atoms with van der Waals surface area (Å²) in [5, 5.41) is 3.30. The van der Waals surface area contributed by atoms with Crippen molar-refractivity contribution < 1.29 is 9.53 Å². The Morgan fingerprint density at radius 1 is 1.50 bits per heavy atom. The number of ether oxygens (including phenoxy) is 1. The molecule has 0 saturated heterocycles. The summed E-state index contributed by atoms with van der Waals surface area (Å²) in [6, 6.07) is 0.314. The Kier molecular flexibility index (Phi) is 6.76. The molecule has 1 unspecified atom stereocenters. The van der Waals surface area contributed by atoms with Gasteiger partial charge in [0.1, 0.15) is 6.61 Å². The molecular formula is C9H19NO2. The first-order valence-electron chi connectivity index (χ1n) is 4.57. The van der Waals surface area contributed by atoms with Crippen LogP contribution in [-0.4, -0.2) is 25.2 Å². The lowest BCUT2D eigenvalue weighted by atomic mass is 10.2. The lowest BCUT2D eigenvalue weighted by molar-refractivity contribution is -0.141. The molecule has 0 aliphatic heterocycles. The Hall–Kier alpha value is -0.570. The molecule has 0 rings (SSSR count). The zero-order chi connectivity index (χ0) is 9.40. The van der Waals surface area contributed by atoms with Crippen molar-refractivity contribution in [1.29, 1.82) is 0 Å². The second-order valence-corrected chi connectivity index (χ2v) is 2.86. The molecular weight excluding hydrogens is 154 g/mol. The molecule has 3 nitrogen and oxygen atoms in total. The SMILES string of the molecule is CCCNC(CC)COC(C)=O. The highest BCUT2D eigenvalue weighted by Crippen LogP contribution is 1.92. The van der Waals surface area contributed by atoms with Crippen LogP contribution in [0.1, 0.15) is 33.6 Å². The molecule has 0 bridgehead atoms. The van der Waals surface area contributed by atoms with Gasteiger partial charge in [-0.3, -0.25) is 4.79 Å². The summed E-state index contributed by atoms with van der Waals surface area (Å²) >= 11 is 0. The predicted molar refractivity (Wildman–Crippen MR) is 49.0 cm³/mol. The quantitative estimate of drug-likeness (QED) is 0.616. The van der Waals surface area contributed by atoms with Gasteiger partial charge in [-0.25, -0.2) is 0 Å². The zero-order valence-corrected chi connectivity index (χ0v) is 8.22. The Labute approximate surface area is 74.5 Å². The maximum absolute atomic E-state index is 10.5. The molecule has 0 heterocycles. The number of rotatable bonds is 6. The smallest absolute Gasteiger partial charge is 0.302 e. The fourth-order valence-electron chi connectivity index (χ4n) is 0.888. The number of carbonyl (C=O) groups excluding carboxylic acids is 1. The standard InChI is InChI=1S/C9H19NO2/c1-4-6-10-9(5-2)7-12-8(3)11/h9-10H,4-7H2,1-3H3. The van der Waals surface area contributed by atoms with Crippen LogP contribution in [-0.2, 0) is 9.53 Å². The van der Waals surface area contributed by atoms with Crippen molar-refractivity contribution in [3.8, 4) is 0 Å². The van der Waals surface area contributed by atoms with E-state index in [4.69, 9.17) is 4.74 Å². The second kappa shape index (κ2) is 7.10. The number of nitrogens with one attached hydrogen (secondary N) is 1. The van der Waals surface area contributed by atoms with Gasteiger partial charge in [-0.15, -0.1) is 0 Å². The predicted octanol–water partition coefficient (Wildman–Crippen LogP) is 1.33. The highest BCUT2D eigenvalue weighted by atomic mass is 16.5. The molecule has 1 atom stereocenters. The van der Waals surface area contributed by atoms with Crippen LogP contribution < -0.4 is 5.32 Å². The van der Waals surface area contributed by atoms with Gasteiger partial charge in [0.15, 0.2) is 0 Å². The van der Waals surface area contributed by atoms with Crippen LogP contribution in [0.15, 0.2) is 0 Å². The van der Waals surface area contributed by atoms with Crippen LogP contribution in [0, 0.1) is 0 Å². The highest BCUT2D eigenvalue weighted by molar-refractivity contribution is 5.65. The lowest BCUT2D eigenvalue weighted by Crippen LogP contribution is -2.33. The van der Waals surface area contributed by atoms with Crippen molar-refractivity contribution in [3.63, 3.8) is 0 Å². The molecule has 0 radical (unpaired) electrons. The van der Waals surface area contributed by atoms with Gasteiger partial charge in [0.25, 0.3) is 0 Å². The number of hydrogen-bond donors (Lipinski definition) is 1. The van der Waals surface area contributed by atoms with Gasteiger partial charge < -0.3 is 10.1 Å². The van der Waals surface area contributed by atoms with Crippen LogP contribution in [0.2, 0.25) is 0 Å². The summed E-state index contributed by atoms with van der Waals surface area (Å²) in [5.41, 5.74) is 0. The molecule has 0 fully saturated rings. The Morgan fingerprint density at radius 2 is 2.17 bits per heavy atom. The molecule has 0 aliphatic rings. The van der Waals surface area contributed by atoms with Crippen molar-refractivity contribution in [2.75, 3.05) is 13.2 Å². The maximum atomic E-state index is 10.5. The van der Waals surface area contributed by atoms with Gasteiger partial charge in [0, 0.05) is 13.0 Å². The van der Waals surface area contributed by atoms with Crippen molar-refractivity contribution in [3.05, 3.63) is 0 Å². The lowest BCUT2D eigenvalue weighted by Gasteiger charge is -2.15. The fraction of sp³-hybridized carbons (Fsp3) is 0.889. The Morgan fingerprint density at radius 3 is 2.58 bits per heavy atom. The first kappa shape index (κ1) is 11.4. The summed E-state index contributed by atoms with van der Waals surface area (Å²) in [4.78, 5) is 10.5. The van der Waals surface area contributed by atoms with Crippen LogP contribution >= 0.6 is 0 Å². The van der Waals surface area contributed by atoms with Crippen molar-refractivity contribution in [2.45, 2.75) is 39.7 Å². The van der Waals surface area contributed by atoms with E-state index in [2.05, 4.69) is 19.2 Å². The topological polar surface area (TPSA) is 38.3 Å². The summed E-state index contributed by atoms with van der Waals surface area (Å²) in [6.07, 6.45) is 2.10. The summed E-state index contributed by atoms with van der Waals surface area (Å²) < 4.78 is 4.89. The minimum Gasteiger partial charge on any atom is -0.464 e. The number of hydrogen-bond acceptors (Lipinski definition) is 3. The molecule has 3 heteroatoms. The van der Waals surface area contributed by atoms with Gasteiger partial charge in [-0.2, -0.15) is 0 Å². The number of esters is 1. The monoisotopic (exact) mass is 173 g/mol. The van der Waals surface area contributed by atoms with Crippen LogP contribution in [0.4, 0.5) is 0 Å². The minimum atomic E-state index is -0.202. The normalized spacial score (nSPS) is 12.6. The average molecular weight is 173 g/mol. The molecule has 0 aromatic rings. The van der Waals surface area contributed by atoms with Gasteiger partial charge in [0.2, 0.25) is 0 Å². The first-order valence-corrected chi connectivity index (χ1v) is 4.57. The van der Waals surface area contributed by atoms with Crippen LogP contribution in [0.5, 0.6) is 0 Å². The number of carbonyl (C=O) groups is 1. The first-order chi connectivity index (χ1) is 5.70. The zero-order valence-electron chi connectivity index (χ0n) is 8.22.